The zero-order valence-electron chi connectivity index (χ0n) is 15.2. The van der Waals surface area contributed by atoms with Gasteiger partial charge in [-0.05, 0) is 41.0 Å². The minimum Gasteiger partial charge on any atom is -0.493 e. The maximum atomic E-state index is 12.4. The molecular formula is C22H19F2NO3. The lowest BCUT2D eigenvalue weighted by Crippen LogP contribution is -2.22. The summed E-state index contributed by atoms with van der Waals surface area (Å²) >= 11 is 0. The van der Waals surface area contributed by atoms with E-state index in [9.17, 15) is 13.6 Å². The Kier molecular flexibility index (Phi) is 6.22. The number of benzene rings is 3. The highest BCUT2D eigenvalue weighted by molar-refractivity contribution is 5.94. The van der Waals surface area contributed by atoms with Gasteiger partial charge >= 0.3 is 6.61 Å². The van der Waals surface area contributed by atoms with Gasteiger partial charge in [-0.25, -0.2) is 0 Å². The van der Waals surface area contributed by atoms with Crippen LogP contribution in [0.25, 0.3) is 11.1 Å². The maximum Gasteiger partial charge on any atom is 0.387 e. The first-order valence-corrected chi connectivity index (χ1v) is 8.62. The number of nitrogens with one attached hydrogen (secondary N) is 1. The van der Waals surface area contributed by atoms with Gasteiger partial charge in [0.1, 0.15) is 0 Å². The van der Waals surface area contributed by atoms with E-state index < -0.39 is 6.61 Å². The summed E-state index contributed by atoms with van der Waals surface area (Å²) in [5.74, 6) is -0.102. The van der Waals surface area contributed by atoms with Gasteiger partial charge in [-0.15, -0.1) is 0 Å². The fourth-order valence-electron chi connectivity index (χ4n) is 2.74. The lowest BCUT2D eigenvalue weighted by molar-refractivity contribution is -0.0512. The molecular weight excluding hydrogens is 364 g/mol. The Morgan fingerprint density at radius 1 is 0.929 bits per heavy atom. The smallest absolute Gasteiger partial charge is 0.387 e. The third-order valence-corrected chi connectivity index (χ3v) is 4.15. The minimum atomic E-state index is -2.93. The molecule has 0 spiro atoms. The number of alkyl halides is 2. The highest BCUT2D eigenvalue weighted by atomic mass is 19.3. The molecule has 144 valence electrons. The summed E-state index contributed by atoms with van der Waals surface area (Å²) in [5, 5.41) is 2.80. The molecule has 1 amide bonds. The van der Waals surface area contributed by atoms with Crippen molar-refractivity contribution in [3.05, 3.63) is 83.9 Å². The van der Waals surface area contributed by atoms with Crippen LogP contribution in [-0.2, 0) is 6.54 Å². The lowest BCUT2D eigenvalue weighted by atomic mass is 10.0. The molecule has 0 aliphatic heterocycles. The van der Waals surface area contributed by atoms with Crippen LogP contribution in [0.3, 0.4) is 0 Å². The second-order valence-corrected chi connectivity index (χ2v) is 5.99. The quantitative estimate of drug-likeness (QED) is 0.632. The molecule has 0 saturated heterocycles. The van der Waals surface area contributed by atoms with Crippen molar-refractivity contribution >= 4 is 5.91 Å². The van der Waals surface area contributed by atoms with Crippen molar-refractivity contribution in [1.82, 2.24) is 5.32 Å². The molecule has 0 aromatic heterocycles. The number of rotatable bonds is 7. The summed E-state index contributed by atoms with van der Waals surface area (Å²) < 4.78 is 34.2. The van der Waals surface area contributed by atoms with E-state index in [-0.39, 0.29) is 24.0 Å². The third-order valence-electron chi connectivity index (χ3n) is 4.15. The molecule has 1 N–H and O–H groups in total. The molecule has 0 bridgehead atoms. The fourth-order valence-corrected chi connectivity index (χ4v) is 2.74. The van der Waals surface area contributed by atoms with Gasteiger partial charge in [0.2, 0.25) is 0 Å². The van der Waals surface area contributed by atoms with Crippen molar-refractivity contribution in [3.63, 3.8) is 0 Å². The molecule has 28 heavy (non-hydrogen) atoms. The molecule has 3 aromatic carbocycles. The molecule has 0 atom stereocenters. The van der Waals surface area contributed by atoms with E-state index >= 15 is 0 Å². The van der Waals surface area contributed by atoms with Gasteiger partial charge in [-0.3, -0.25) is 4.79 Å². The number of halogens is 2. The summed E-state index contributed by atoms with van der Waals surface area (Å²) in [5.41, 5.74) is 3.33. The average Bonchev–Trinajstić information content (AvgIpc) is 2.73. The number of hydrogen-bond acceptors (Lipinski definition) is 3. The number of carbonyl (C=O) groups excluding carboxylic acids is 1. The van der Waals surface area contributed by atoms with Gasteiger partial charge in [0.25, 0.3) is 5.91 Å². The van der Waals surface area contributed by atoms with Crippen LogP contribution in [0.4, 0.5) is 8.78 Å². The topological polar surface area (TPSA) is 47.6 Å². The van der Waals surface area contributed by atoms with Gasteiger partial charge in [0, 0.05) is 12.1 Å². The molecule has 0 heterocycles. The van der Waals surface area contributed by atoms with E-state index in [1.807, 2.05) is 42.5 Å². The first kappa shape index (κ1) is 19.4. The van der Waals surface area contributed by atoms with Gasteiger partial charge in [-0.2, -0.15) is 8.78 Å². The number of ether oxygens (including phenoxy) is 2. The van der Waals surface area contributed by atoms with Gasteiger partial charge in [0.05, 0.1) is 7.11 Å². The maximum absolute atomic E-state index is 12.4. The number of amides is 1. The second kappa shape index (κ2) is 8.99. The molecule has 0 unspecified atom stereocenters. The normalized spacial score (nSPS) is 10.6. The van der Waals surface area contributed by atoms with Crippen LogP contribution in [0.15, 0.2) is 72.8 Å². The summed E-state index contributed by atoms with van der Waals surface area (Å²) in [6, 6.07) is 21.7. The molecule has 3 rings (SSSR count). The Morgan fingerprint density at radius 3 is 2.25 bits per heavy atom. The molecule has 3 aromatic rings. The Labute approximate surface area is 161 Å². The highest BCUT2D eigenvalue weighted by Gasteiger charge is 2.12. The first-order chi connectivity index (χ1) is 13.6. The van der Waals surface area contributed by atoms with Gasteiger partial charge in [-0.1, -0.05) is 48.5 Å². The average molecular weight is 383 g/mol. The SMILES string of the molecule is COc1cc(CNC(=O)c2ccc(-c3ccccc3)cc2)ccc1OC(F)F. The predicted molar refractivity (Wildman–Crippen MR) is 103 cm³/mol. The molecule has 0 fully saturated rings. The zero-order chi connectivity index (χ0) is 19.9. The van der Waals surface area contributed by atoms with Gasteiger partial charge < -0.3 is 14.8 Å². The molecule has 6 heteroatoms. The van der Waals surface area contributed by atoms with Crippen molar-refractivity contribution in [2.45, 2.75) is 13.2 Å². The van der Waals surface area contributed by atoms with Crippen molar-refractivity contribution < 1.29 is 23.0 Å². The molecule has 4 nitrogen and oxygen atoms in total. The van der Waals surface area contributed by atoms with E-state index in [1.165, 1.54) is 13.2 Å². The van der Waals surface area contributed by atoms with E-state index in [1.54, 1.807) is 24.3 Å². The lowest BCUT2D eigenvalue weighted by Gasteiger charge is -2.12. The fraction of sp³-hybridized carbons (Fsp3) is 0.136. The van der Waals surface area contributed by atoms with E-state index in [0.717, 1.165) is 11.1 Å². The van der Waals surface area contributed by atoms with Crippen LogP contribution in [0.2, 0.25) is 0 Å². The van der Waals surface area contributed by atoms with E-state index in [4.69, 9.17) is 4.74 Å². The zero-order valence-corrected chi connectivity index (χ0v) is 15.2. The predicted octanol–water partition coefficient (Wildman–Crippen LogP) is 4.89. The van der Waals surface area contributed by atoms with E-state index in [2.05, 4.69) is 10.1 Å². The Morgan fingerprint density at radius 2 is 1.61 bits per heavy atom. The molecule has 0 saturated carbocycles. The number of carbonyl (C=O) groups is 1. The third kappa shape index (κ3) is 4.85. The van der Waals surface area contributed by atoms with Crippen LogP contribution < -0.4 is 14.8 Å². The van der Waals surface area contributed by atoms with Crippen molar-refractivity contribution in [3.8, 4) is 22.6 Å². The number of methoxy groups -OCH3 is 1. The van der Waals surface area contributed by atoms with Crippen LogP contribution in [0.1, 0.15) is 15.9 Å². The first-order valence-electron chi connectivity index (χ1n) is 8.62. The summed E-state index contributed by atoms with van der Waals surface area (Å²) in [7, 11) is 1.37. The summed E-state index contributed by atoms with van der Waals surface area (Å²) in [6.07, 6.45) is 0. The monoisotopic (exact) mass is 383 g/mol. The second-order valence-electron chi connectivity index (χ2n) is 5.99. The van der Waals surface area contributed by atoms with Crippen molar-refractivity contribution in [2.24, 2.45) is 0 Å². The standard InChI is InChI=1S/C22H19F2NO3/c1-27-20-13-15(7-12-19(20)28-22(23)24)14-25-21(26)18-10-8-17(9-11-18)16-5-3-2-4-6-16/h2-13,22H,14H2,1H3,(H,25,26). The Hall–Kier alpha value is -3.41. The minimum absolute atomic E-state index is 0.0518. The van der Waals surface area contributed by atoms with Crippen LogP contribution in [0.5, 0.6) is 11.5 Å². The van der Waals surface area contributed by atoms with Crippen molar-refractivity contribution in [2.75, 3.05) is 7.11 Å². The Bertz CT molecular complexity index is 928. The largest absolute Gasteiger partial charge is 0.493 e. The molecule has 0 radical (unpaired) electrons. The van der Waals surface area contributed by atoms with E-state index in [0.29, 0.717) is 11.1 Å². The summed E-state index contributed by atoms with van der Waals surface area (Å²) in [6.45, 7) is -2.71. The van der Waals surface area contributed by atoms with Gasteiger partial charge in [0.15, 0.2) is 11.5 Å². The molecule has 0 aliphatic carbocycles. The molecule has 0 aliphatic rings. The summed E-state index contributed by atoms with van der Waals surface area (Å²) in [4.78, 5) is 12.4. The van der Waals surface area contributed by atoms with Crippen LogP contribution in [-0.4, -0.2) is 19.6 Å². The number of hydrogen-bond donors (Lipinski definition) is 1. The van der Waals surface area contributed by atoms with Crippen LogP contribution >= 0.6 is 0 Å². The van der Waals surface area contributed by atoms with Crippen LogP contribution in [0, 0.1) is 0 Å². The highest BCUT2D eigenvalue weighted by Crippen LogP contribution is 2.29. The Balaban J connectivity index is 1.64. The van der Waals surface area contributed by atoms with Crippen molar-refractivity contribution in [1.29, 1.82) is 0 Å².